The van der Waals surface area contributed by atoms with Crippen molar-refractivity contribution in [1.82, 2.24) is 0 Å². The summed E-state index contributed by atoms with van der Waals surface area (Å²) >= 11 is 0. The minimum atomic E-state index is -4.98. The van der Waals surface area contributed by atoms with Gasteiger partial charge >= 0.3 is 12.4 Å². The van der Waals surface area contributed by atoms with Gasteiger partial charge in [0.15, 0.2) is 6.10 Å². The number of halogens is 7. The monoisotopic (exact) mass is 527 g/mol. The van der Waals surface area contributed by atoms with E-state index in [1.54, 1.807) is 12.1 Å². The van der Waals surface area contributed by atoms with Gasteiger partial charge in [-0.25, -0.2) is 4.39 Å². The van der Waals surface area contributed by atoms with Crippen LogP contribution in [0.2, 0.25) is 0 Å². The molecule has 10 heteroatoms. The Morgan fingerprint density at radius 1 is 0.838 bits per heavy atom. The summed E-state index contributed by atoms with van der Waals surface area (Å²) < 4.78 is 99.2. The highest BCUT2D eigenvalue weighted by Gasteiger charge is 2.39. The van der Waals surface area contributed by atoms with E-state index in [0.29, 0.717) is 23.9 Å². The van der Waals surface area contributed by atoms with Crippen molar-refractivity contribution >= 4 is 5.69 Å². The van der Waals surface area contributed by atoms with Gasteiger partial charge in [-0.15, -0.1) is 0 Å². The van der Waals surface area contributed by atoms with Crippen molar-refractivity contribution < 1.29 is 40.6 Å². The van der Waals surface area contributed by atoms with Gasteiger partial charge in [0.1, 0.15) is 17.3 Å². The molecule has 3 aromatic carbocycles. The second-order valence-corrected chi connectivity index (χ2v) is 8.98. The van der Waals surface area contributed by atoms with E-state index in [1.165, 1.54) is 23.8 Å². The van der Waals surface area contributed by atoms with Gasteiger partial charge in [0.25, 0.3) is 0 Å². The molecule has 4 rings (SSSR count). The maximum Gasteiger partial charge on any atom is 0.416 e. The van der Waals surface area contributed by atoms with Gasteiger partial charge in [-0.3, -0.25) is 0 Å². The molecular formula is C27H24F7NO2. The molecule has 3 nitrogen and oxygen atoms in total. The summed E-state index contributed by atoms with van der Waals surface area (Å²) in [5, 5.41) is 9.69. The van der Waals surface area contributed by atoms with Crippen LogP contribution in [0.5, 0.6) is 11.5 Å². The maximum atomic E-state index is 14.4. The molecule has 0 saturated heterocycles. The van der Waals surface area contributed by atoms with Gasteiger partial charge in [0.2, 0.25) is 0 Å². The van der Waals surface area contributed by atoms with Crippen LogP contribution < -0.4 is 9.64 Å². The molecule has 1 aliphatic carbocycles. The number of nitrogens with zero attached hydrogens (tertiary/aromatic N) is 1. The normalized spacial score (nSPS) is 14.7. The lowest BCUT2D eigenvalue weighted by molar-refractivity contribution is -0.200. The smallest absolute Gasteiger partial charge is 0.416 e. The lowest BCUT2D eigenvalue weighted by atomic mass is 9.92. The highest BCUT2D eigenvalue weighted by atomic mass is 19.4. The quantitative estimate of drug-likeness (QED) is 0.324. The van der Waals surface area contributed by atoms with Crippen molar-refractivity contribution in [1.29, 1.82) is 0 Å². The molecule has 1 atom stereocenters. The van der Waals surface area contributed by atoms with E-state index in [4.69, 9.17) is 4.74 Å². The van der Waals surface area contributed by atoms with Gasteiger partial charge in [-0.2, -0.15) is 26.3 Å². The standard InChI is InChI=1S/C27H24F7NO2/c28-24-11-9-20(26(29,30)31)12-19(24)15-35(16-25(36)27(32,33)34)21-6-3-7-22(14-21)37-23-10-8-17-4-1-2-5-18(17)13-23/h3,6-14,25,36H,1-2,4-5,15-16H2/t25-/m1/s1. The summed E-state index contributed by atoms with van der Waals surface area (Å²) in [4.78, 5) is 0.969. The molecule has 37 heavy (non-hydrogen) atoms. The van der Waals surface area contributed by atoms with Gasteiger partial charge in [-0.1, -0.05) is 12.1 Å². The van der Waals surface area contributed by atoms with E-state index in [0.717, 1.165) is 36.1 Å². The van der Waals surface area contributed by atoms with Crippen LogP contribution in [0.3, 0.4) is 0 Å². The predicted octanol–water partition coefficient (Wildman–Crippen LogP) is 7.45. The molecule has 0 unspecified atom stereocenters. The first kappa shape index (κ1) is 26.8. The molecular weight excluding hydrogens is 503 g/mol. The first-order chi connectivity index (χ1) is 17.4. The first-order valence-electron chi connectivity index (χ1n) is 11.7. The van der Waals surface area contributed by atoms with Crippen molar-refractivity contribution in [2.75, 3.05) is 11.4 Å². The number of benzene rings is 3. The molecule has 1 aliphatic rings. The van der Waals surface area contributed by atoms with Crippen LogP contribution in [0, 0.1) is 5.82 Å². The summed E-state index contributed by atoms with van der Waals surface area (Å²) in [6, 6.07) is 13.3. The zero-order chi connectivity index (χ0) is 26.8. The fourth-order valence-electron chi connectivity index (χ4n) is 4.30. The molecule has 1 N–H and O–H groups in total. The third-order valence-corrected chi connectivity index (χ3v) is 6.24. The number of ether oxygens (including phenoxy) is 1. The number of aryl methyl sites for hydroxylation is 2. The Bertz CT molecular complexity index is 1240. The number of aliphatic hydroxyl groups excluding tert-OH is 1. The van der Waals surface area contributed by atoms with Gasteiger partial charge in [-0.05, 0) is 79.3 Å². The zero-order valence-corrected chi connectivity index (χ0v) is 19.5. The third-order valence-electron chi connectivity index (χ3n) is 6.24. The van der Waals surface area contributed by atoms with E-state index < -0.39 is 48.5 Å². The second-order valence-electron chi connectivity index (χ2n) is 8.98. The summed E-state index contributed by atoms with van der Waals surface area (Å²) in [7, 11) is 0. The maximum absolute atomic E-state index is 14.4. The number of fused-ring (bicyclic) bond motifs is 1. The summed E-state index contributed by atoms with van der Waals surface area (Å²) in [5.41, 5.74) is 0.906. The third kappa shape index (κ3) is 6.74. The Hall–Kier alpha value is -3.27. The summed E-state index contributed by atoms with van der Waals surface area (Å²) in [5.74, 6) is -0.214. The van der Waals surface area contributed by atoms with Crippen LogP contribution in [0.4, 0.5) is 36.4 Å². The van der Waals surface area contributed by atoms with Crippen LogP contribution in [0.15, 0.2) is 60.7 Å². The molecule has 3 aromatic rings. The van der Waals surface area contributed by atoms with Gasteiger partial charge < -0.3 is 14.7 Å². The van der Waals surface area contributed by atoms with E-state index in [2.05, 4.69) is 0 Å². The summed E-state index contributed by atoms with van der Waals surface area (Å²) in [6.07, 6.45) is -8.49. The SMILES string of the molecule is O[C@H](CN(Cc1cc(C(F)(F)F)ccc1F)c1cccc(Oc2ccc3c(c2)CCCC3)c1)C(F)(F)F. The number of anilines is 1. The number of aliphatic hydroxyl groups is 1. The fraction of sp³-hybridized carbons (Fsp3) is 0.333. The Balaban J connectivity index is 1.63. The first-order valence-corrected chi connectivity index (χ1v) is 11.7. The Morgan fingerprint density at radius 2 is 1.54 bits per heavy atom. The Kier molecular flexibility index (Phi) is 7.68. The van der Waals surface area contributed by atoms with Crippen LogP contribution in [-0.2, 0) is 25.6 Å². The number of hydrogen-bond acceptors (Lipinski definition) is 3. The topological polar surface area (TPSA) is 32.7 Å². The van der Waals surface area contributed by atoms with Crippen LogP contribution >= 0.6 is 0 Å². The summed E-state index contributed by atoms with van der Waals surface area (Å²) in [6.45, 7) is -1.67. The predicted molar refractivity (Wildman–Crippen MR) is 124 cm³/mol. The molecule has 0 saturated carbocycles. The van der Waals surface area contributed by atoms with E-state index in [9.17, 15) is 35.8 Å². The molecule has 0 amide bonds. The zero-order valence-electron chi connectivity index (χ0n) is 19.5. The van der Waals surface area contributed by atoms with Crippen molar-refractivity contribution in [3.05, 3.63) is 88.7 Å². The van der Waals surface area contributed by atoms with Crippen molar-refractivity contribution in [2.45, 2.75) is 50.7 Å². The largest absolute Gasteiger partial charge is 0.457 e. The second kappa shape index (κ2) is 10.6. The van der Waals surface area contributed by atoms with Gasteiger partial charge in [0.05, 0.1) is 12.1 Å². The Labute approximate surface area is 209 Å². The molecule has 0 radical (unpaired) electrons. The van der Waals surface area contributed by atoms with Gasteiger partial charge in [0, 0.05) is 23.9 Å². The average molecular weight is 527 g/mol. The minimum Gasteiger partial charge on any atom is -0.457 e. The van der Waals surface area contributed by atoms with Crippen LogP contribution in [0.25, 0.3) is 0 Å². The molecule has 0 fully saturated rings. The highest BCUT2D eigenvalue weighted by Crippen LogP contribution is 2.34. The van der Waals surface area contributed by atoms with E-state index >= 15 is 0 Å². The molecule has 0 aromatic heterocycles. The van der Waals surface area contributed by atoms with E-state index in [1.807, 2.05) is 12.1 Å². The molecule has 0 spiro atoms. The number of hydrogen-bond donors (Lipinski definition) is 1. The van der Waals surface area contributed by atoms with Crippen molar-refractivity contribution in [3.8, 4) is 11.5 Å². The lowest BCUT2D eigenvalue weighted by Gasteiger charge is -2.29. The molecule has 0 heterocycles. The lowest BCUT2D eigenvalue weighted by Crippen LogP contribution is -2.41. The van der Waals surface area contributed by atoms with E-state index in [-0.39, 0.29) is 11.4 Å². The van der Waals surface area contributed by atoms with Crippen LogP contribution in [-0.4, -0.2) is 23.9 Å². The van der Waals surface area contributed by atoms with Crippen molar-refractivity contribution in [2.24, 2.45) is 0 Å². The average Bonchev–Trinajstić information content (AvgIpc) is 2.83. The fourth-order valence-corrected chi connectivity index (χ4v) is 4.30. The molecule has 0 aliphatic heterocycles. The molecule has 198 valence electrons. The molecule has 0 bridgehead atoms. The van der Waals surface area contributed by atoms with Crippen molar-refractivity contribution in [3.63, 3.8) is 0 Å². The number of alkyl halides is 6. The highest BCUT2D eigenvalue weighted by molar-refractivity contribution is 5.53. The minimum absolute atomic E-state index is 0.107. The van der Waals surface area contributed by atoms with Crippen LogP contribution in [0.1, 0.15) is 35.1 Å². The Morgan fingerprint density at radius 3 is 2.24 bits per heavy atom. The number of rotatable bonds is 7.